The summed E-state index contributed by atoms with van der Waals surface area (Å²) in [6, 6.07) is 1.97. The summed E-state index contributed by atoms with van der Waals surface area (Å²) in [6.45, 7) is 2.25. The number of fused-ring (bicyclic) bond motifs is 1. The molecule has 3 aromatic rings. The van der Waals surface area contributed by atoms with Crippen molar-refractivity contribution in [2.45, 2.75) is 26.1 Å². The number of ether oxygens (including phenoxy) is 1. The molecule has 0 fully saturated rings. The number of nitrogens with zero attached hydrogens (tertiary/aromatic N) is 3. The number of aliphatic hydroxyl groups is 1. The van der Waals surface area contributed by atoms with Gasteiger partial charge in [-0.3, -0.25) is 10.1 Å². The van der Waals surface area contributed by atoms with Crippen LogP contribution in [0.15, 0.2) is 29.1 Å². The summed E-state index contributed by atoms with van der Waals surface area (Å²) in [5, 5.41) is 18.4. The number of H-pyrrole nitrogens is 1. The van der Waals surface area contributed by atoms with Crippen LogP contribution >= 0.6 is 15.9 Å². The first kappa shape index (κ1) is 16.0. The number of aliphatic hydroxyl groups excluding tert-OH is 1. The van der Waals surface area contributed by atoms with Crippen LogP contribution in [0.1, 0.15) is 30.7 Å². The molecule has 2 N–H and O–H groups in total. The number of methoxy groups -OCH3 is 1. The Labute approximate surface area is 142 Å². The second kappa shape index (κ2) is 6.74. The second-order valence-corrected chi connectivity index (χ2v) is 6.14. The number of hydrogen-bond donors (Lipinski definition) is 2. The second-order valence-electron chi connectivity index (χ2n) is 5.23. The number of aromatic nitrogens is 4. The Kier molecular flexibility index (Phi) is 4.70. The number of aromatic amines is 1. The van der Waals surface area contributed by atoms with E-state index in [2.05, 4.69) is 36.1 Å². The van der Waals surface area contributed by atoms with E-state index in [4.69, 9.17) is 4.74 Å². The van der Waals surface area contributed by atoms with Crippen LogP contribution in [0.5, 0.6) is 0 Å². The Bertz CT molecular complexity index is 834. The van der Waals surface area contributed by atoms with E-state index >= 15 is 0 Å². The molecule has 3 heterocycles. The third kappa shape index (κ3) is 2.99. The molecule has 1 atom stereocenters. The van der Waals surface area contributed by atoms with Gasteiger partial charge in [0.1, 0.15) is 0 Å². The van der Waals surface area contributed by atoms with Gasteiger partial charge in [0.05, 0.1) is 24.6 Å². The Morgan fingerprint density at radius 3 is 2.87 bits per heavy atom. The molecule has 0 aliphatic heterocycles. The summed E-state index contributed by atoms with van der Waals surface area (Å²) >= 11 is 3.45. The summed E-state index contributed by atoms with van der Waals surface area (Å²) in [7, 11) is 1.61. The maximum Gasteiger partial charge on any atom is 0.156 e. The van der Waals surface area contributed by atoms with Gasteiger partial charge in [0.2, 0.25) is 0 Å². The molecule has 0 aliphatic rings. The highest BCUT2D eigenvalue weighted by Gasteiger charge is 2.22. The van der Waals surface area contributed by atoms with E-state index in [-0.39, 0.29) is 0 Å². The topological polar surface area (TPSA) is 83.9 Å². The molecular formula is C16H17BrN4O2. The minimum absolute atomic E-state index is 0.315. The van der Waals surface area contributed by atoms with Gasteiger partial charge in [0, 0.05) is 46.1 Å². The lowest BCUT2D eigenvalue weighted by Gasteiger charge is -2.19. The van der Waals surface area contributed by atoms with E-state index in [0.29, 0.717) is 24.4 Å². The first-order valence-corrected chi connectivity index (χ1v) is 8.08. The van der Waals surface area contributed by atoms with Crippen LogP contribution in [0.2, 0.25) is 0 Å². The van der Waals surface area contributed by atoms with Crippen LogP contribution in [0, 0.1) is 0 Å². The predicted molar refractivity (Wildman–Crippen MR) is 90.8 cm³/mol. The van der Waals surface area contributed by atoms with Crippen molar-refractivity contribution in [3.63, 3.8) is 0 Å². The lowest BCUT2D eigenvalue weighted by molar-refractivity contribution is 0.157. The summed E-state index contributed by atoms with van der Waals surface area (Å²) in [5.41, 5.74) is 3.92. The highest BCUT2D eigenvalue weighted by molar-refractivity contribution is 9.10. The SMILES string of the molecule is CCC(O)c1c(COC)nc2[nH]ncc2c1-c1cncc(Br)c1. The predicted octanol–water partition coefficient (Wildman–Crippen LogP) is 3.37. The van der Waals surface area contributed by atoms with E-state index in [9.17, 15) is 5.11 Å². The van der Waals surface area contributed by atoms with Gasteiger partial charge in [0.15, 0.2) is 5.65 Å². The van der Waals surface area contributed by atoms with Crippen molar-refractivity contribution in [3.8, 4) is 11.1 Å². The molecule has 3 aromatic heterocycles. The maximum absolute atomic E-state index is 10.6. The van der Waals surface area contributed by atoms with Gasteiger partial charge >= 0.3 is 0 Å². The molecule has 0 radical (unpaired) electrons. The van der Waals surface area contributed by atoms with Crippen molar-refractivity contribution < 1.29 is 9.84 Å². The zero-order chi connectivity index (χ0) is 16.4. The smallest absolute Gasteiger partial charge is 0.156 e. The molecule has 120 valence electrons. The van der Waals surface area contributed by atoms with Gasteiger partial charge in [-0.25, -0.2) is 4.98 Å². The van der Waals surface area contributed by atoms with Gasteiger partial charge in [-0.05, 0) is 28.4 Å². The fourth-order valence-corrected chi connectivity index (χ4v) is 3.07. The standard InChI is InChI=1S/C16H17BrN4O2/c1-3-13(22)15-12(8-23-2)20-16-11(7-19-21-16)14(15)9-4-10(17)6-18-5-9/h4-7,13,22H,3,8H2,1-2H3,(H,19,20,21). The molecule has 6 nitrogen and oxygen atoms in total. The van der Waals surface area contributed by atoms with E-state index < -0.39 is 6.10 Å². The summed E-state index contributed by atoms with van der Waals surface area (Å²) in [6.07, 6.45) is 5.16. The van der Waals surface area contributed by atoms with Crippen molar-refractivity contribution >= 4 is 27.0 Å². The first-order chi connectivity index (χ1) is 11.2. The van der Waals surface area contributed by atoms with Crippen molar-refractivity contribution in [1.82, 2.24) is 20.2 Å². The molecule has 0 saturated heterocycles. The zero-order valence-electron chi connectivity index (χ0n) is 12.9. The lowest BCUT2D eigenvalue weighted by atomic mass is 9.93. The fraction of sp³-hybridized carbons (Fsp3) is 0.312. The Morgan fingerprint density at radius 1 is 1.35 bits per heavy atom. The molecule has 7 heteroatoms. The van der Waals surface area contributed by atoms with Crippen molar-refractivity contribution in [1.29, 1.82) is 0 Å². The molecule has 0 aliphatic carbocycles. The van der Waals surface area contributed by atoms with E-state index in [1.165, 1.54) is 0 Å². The number of hydrogen-bond acceptors (Lipinski definition) is 5. The molecule has 0 amide bonds. The van der Waals surface area contributed by atoms with E-state index in [0.717, 1.165) is 26.5 Å². The number of nitrogens with one attached hydrogen (secondary N) is 1. The Balaban J connectivity index is 2.37. The molecular weight excluding hydrogens is 360 g/mol. The largest absolute Gasteiger partial charge is 0.388 e. The normalized spacial score (nSPS) is 12.7. The van der Waals surface area contributed by atoms with E-state index in [1.54, 1.807) is 25.7 Å². The van der Waals surface area contributed by atoms with Crippen molar-refractivity contribution in [3.05, 3.63) is 40.4 Å². The molecule has 3 rings (SSSR count). The fourth-order valence-electron chi connectivity index (χ4n) is 2.70. The van der Waals surface area contributed by atoms with Gasteiger partial charge in [-0.1, -0.05) is 6.92 Å². The van der Waals surface area contributed by atoms with E-state index in [1.807, 2.05) is 13.0 Å². The molecule has 0 saturated carbocycles. The molecule has 23 heavy (non-hydrogen) atoms. The summed E-state index contributed by atoms with van der Waals surface area (Å²) in [5.74, 6) is 0. The lowest BCUT2D eigenvalue weighted by Crippen LogP contribution is -2.08. The number of halogens is 1. The van der Waals surface area contributed by atoms with Crippen LogP contribution in [0.3, 0.4) is 0 Å². The highest BCUT2D eigenvalue weighted by Crippen LogP contribution is 2.37. The van der Waals surface area contributed by atoms with Gasteiger partial charge in [0.25, 0.3) is 0 Å². The minimum atomic E-state index is -0.638. The summed E-state index contributed by atoms with van der Waals surface area (Å²) < 4.78 is 6.14. The van der Waals surface area contributed by atoms with Crippen LogP contribution in [-0.4, -0.2) is 32.4 Å². The molecule has 0 spiro atoms. The third-order valence-corrected chi connectivity index (χ3v) is 4.14. The van der Waals surface area contributed by atoms with Crippen LogP contribution in [0.4, 0.5) is 0 Å². The first-order valence-electron chi connectivity index (χ1n) is 7.29. The van der Waals surface area contributed by atoms with Gasteiger partial charge in [-0.2, -0.15) is 5.10 Å². The number of pyridine rings is 2. The van der Waals surface area contributed by atoms with Crippen molar-refractivity contribution in [2.75, 3.05) is 7.11 Å². The Hall–Kier alpha value is -1.83. The molecule has 1 unspecified atom stereocenters. The third-order valence-electron chi connectivity index (χ3n) is 3.71. The quantitative estimate of drug-likeness (QED) is 0.712. The highest BCUT2D eigenvalue weighted by atomic mass is 79.9. The maximum atomic E-state index is 10.6. The van der Waals surface area contributed by atoms with Crippen LogP contribution < -0.4 is 0 Å². The monoisotopic (exact) mass is 376 g/mol. The number of rotatable bonds is 5. The van der Waals surface area contributed by atoms with Crippen LogP contribution in [-0.2, 0) is 11.3 Å². The average Bonchev–Trinajstić information content (AvgIpc) is 3.01. The average molecular weight is 377 g/mol. The summed E-state index contributed by atoms with van der Waals surface area (Å²) in [4.78, 5) is 8.81. The van der Waals surface area contributed by atoms with Gasteiger partial charge in [-0.15, -0.1) is 0 Å². The van der Waals surface area contributed by atoms with Crippen molar-refractivity contribution in [2.24, 2.45) is 0 Å². The Morgan fingerprint density at radius 2 is 2.17 bits per heavy atom. The molecule has 0 aromatic carbocycles. The molecule has 0 bridgehead atoms. The zero-order valence-corrected chi connectivity index (χ0v) is 14.5. The van der Waals surface area contributed by atoms with Gasteiger partial charge < -0.3 is 9.84 Å². The van der Waals surface area contributed by atoms with Crippen LogP contribution in [0.25, 0.3) is 22.2 Å². The minimum Gasteiger partial charge on any atom is -0.388 e.